The Morgan fingerprint density at radius 2 is 1.86 bits per heavy atom. The monoisotopic (exact) mass is 385 g/mol. The normalized spacial score (nSPS) is 12.1. The van der Waals surface area contributed by atoms with E-state index < -0.39 is 11.6 Å². The topological polar surface area (TPSA) is 83.0 Å². The van der Waals surface area contributed by atoms with Crippen molar-refractivity contribution in [2.75, 3.05) is 17.2 Å². The van der Waals surface area contributed by atoms with Crippen LogP contribution in [0.1, 0.15) is 13.8 Å². The van der Waals surface area contributed by atoms with Gasteiger partial charge in [-0.3, -0.25) is 4.98 Å². The number of rotatable bonds is 7. The Hall–Kier alpha value is -3.13. The average molecular weight is 385 g/mol. The molecule has 3 aromatic rings. The highest BCUT2D eigenvalue weighted by Crippen LogP contribution is 2.24. The van der Waals surface area contributed by atoms with Crippen LogP contribution in [0.4, 0.5) is 26.2 Å². The highest BCUT2D eigenvalue weighted by Gasteiger charge is 2.16. The molecule has 0 amide bonds. The smallest absolute Gasteiger partial charge is 0.225 e. The zero-order valence-electron chi connectivity index (χ0n) is 15.5. The Morgan fingerprint density at radius 1 is 1.04 bits per heavy atom. The lowest BCUT2D eigenvalue weighted by Crippen LogP contribution is -2.30. The third-order valence-electron chi connectivity index (χ3n) is 4.16. The van der Waals surface area contributed by atoms with E-state index in [0.29, 0.717) is 17.2 Å². The number of halogens is 2. The molecule has 2 aromatic heterocycles. The van der Waals surface area contributed by atoms with E-state index in [9.17, 15) is 13.9 Å². The first-order valence-electron chi connectivity index (χ1n) is 8.86. The Kier molecular flexibility index (Phi) is 6.10. The summed E-state index contributed by atoms with van der Waals surface area (Å²) in [5.41, 5.74) is 1.21. The number of hydrogen-bond donors (Lipinski definition) is 3. The van der Waals surface area contributed by atoms with Gasteiger partial charge in [-0.15, -0.1) is 0 Å². The number of hydrogen-bond acceptors (Lipinski definition) is 6. The van der Waals surface area contributed by atoms with E-state index in [4.69, 9.17) is 0 Å². The van der Waals surface area contributed by atoms with Gasteiger partial charge in [0, 0.05) is 18.3 Å². The standard InChI is InChI=1S/C20H21F2N5O/c1-12(2)18(11-28)26-20-25-17(16-5-3-4-8-23-16)10-19(27-20)24-15-7-6-13(21)9-14(15)22/h3-10,12,18,28H,11H2,1-2H3,(H2,24,25,26,27)/t18-/m1/s1. The van der Waals surface area contributed by atoms with Crippen LogP contribution in [0.25, 0.3) is 11.4 Å². The summed E-state index contributed by atoms with van der Waals surface area (Å²) in [6.07, 6.45) is 1.64. The van der Waals surface area contributed by atoms with Gasteiger partial charge in [0.2, 0.25) is 5.95 Å². The van der Waals surface area contributed by atoms with Crippen molar-refractivity contribution < 1.29 is 13.9 Å². The van der Waals surface area contributed by atoms with Crippen molar-refractivity contribution in [3.63, 3.8) is 0 Å². The summed E-state index contributed by atoms with van der Waals surface area (Å²) in [6.45, 7) is 3.83. The molecule has 0 radical (unpaired) electrons. The van der Waals surface area contributed by atoms with Crippen molar-refractivity contribution >= 4 is 17.5 Å². The molecule has 0 fully saturated rings. The first kappa shape index (κ1) is 19.6. The van der Waals surface area contributed by atoms with E-state index in [1.54, 1.807) is 24.4 Å². The number of pyridine rings is 1. The highest BCUT2D eigenvalue weighted by molar-refractivity contribution is 5.65. The number of nitrogens with zero attached hydrogens (tertiary/aromatic N) is 3. The second-order valence-electron chi connectivity index (χ2n) is 6.60. The van der Waals surface area contributed by atoms with Crippen LogP contribution < -0.4 is 10.6 Å². The minimum Gasteiger partial charge on any atom is -0.394 e. The molecule has 28 heavy (non-hydrogen) atoms. The maximum atomic E-state index is 14.0. The molecule has 0 bridgehead atoms. The predicted octanol–water partition coefficient (Wildman–Crippen LogP) is 3.99. The maximum Gasteiger partial charge on any atom is 0.225 e. The molecule has 146 valence electrons. The summed E-state index contributed by atoms with van der Waals surface area (Å²) in [6, 6.07) is 10.0. The molecule has 0 spiro atoms. The molecule has 0 aliphatic carbocycles. The fourth-order valence-electron chi connectivity index (χ4n) is 2.54. The predicted molar refractivity (Wildman–Crippen MR) is 104 cm³/mol. The zero-order valence-corrected chi connectivity index (χ0v) is 15.5. The molecule has 0 aliphatic rings. The molecular weight excluding hydrogens is 364 g/mol. The minimum absolute atomic E-state index is 0.0839. The molecule has 6 nitrogen and oxygen atoms in total. The molecular formula is C20H21F2N5O. The van der Waals surface area contributed by atoms with Gasteiger partial charge in [-0.25, -0.2) is 13.8 Å². The lowest BCUT2D eigenvalue weighted by atomic mass is 10.1. The Morgan fingerprint density at radius 3 is 2.50 bits per heavy atom. The van der Waals surface area contributed by atoms with Gasteiger partial charge < -0.3 is 15.7 Å². The first-order valence-corrected chi connectivity index (χ1v) is 8.86. The quantitative estimate of drug-likeness (QED) is 0.570. The second-order valence-corrected chi connectivity index (χ2v) is 6.60. The average Bonchev–Trinajstić information content (AvgIpc) is 2.68. The molecule has 2 heterocycles. The van der Waals surface area contributed by atoms with Crippen LogP contribution in [-0.4, -0.2) is 32.7 Å². The molecule has 0 unspecified atom stereocenters. The highest BCUT2D eigenvalue weighted by atomic mass is 19.1. The maximum absolute atomic E-state index is 14.0. The third kappa shape index (κ3) is 4.77. The molecule has 1 aromatic carbocycles. The Balaban J connectivity index is 1.99. The summed E-state index contributed by atoms with van der Waals surface area (Å²) in [5.74, 6) is -0.684. The molecule has 1 atom stereocenters. The van der Waals surface area contributed by atoms with E-state index >= 15 is 0 Å². The zero-order chi connectivity index (χ0) is 20.1. The number of anilines is 3. The van der Waals surface area contributed by atoms with E-state index in [1.807, 2.05) is 19.9 Å². The molecule has 0 aliphatic heterocycles. The lowest BCUT2D eigenvalue weighted by molar-refractivity contribution is 0.248. The van der Waals surface area contributed by atoms with Gasteiger partial charge in [0.05, 0.1) is 29.7 Å². The largest absolute Gasteiger partial charge is 0.394 e. The van der Waals surface area contributed by atoms with Crippen LogP contribution in [-0.2, 0) is 0 Å². The molecule has 0 saturated heterocycles. The van der Waals surface area contributed by atoms with Crippen molar-refractivity contribution in [2.45, 2.75) is 19.9 Å². The fourth-order valence-corrected chi connectivity index (χ4v) is 2.54. The van der Waals surface area contributed by atoms with Crippen LogP contribution in [0.2, 0.25) is 0 Å². The van der Waals surface area contributed by atoms with Crippen LogP contribution in [0.3, 0.4) is 0 Å². The molecule has 3 rings (SSSR count). The molecule has 0 saturated carbocycles. The molecule has 3 N–H and O–H groups in total. The van der Waals surface area contributed by atoms with Crippen molar-refractivity contribution in [1.82, 2.24) is 15.0 Å². The first-order chi connectivity index (χ1) is 13.5. The van der Waals surface area contributed by atoms with Gasteiger partial charge >= 0.3 is 0 Å². The van der Waals surface area contributed by atoms with Gasteiger partial charge in [-0.1, -0.05) is 19.9 Å². The number of nitrogens with one attached hydrogen (secondary N) is 2. The van der Waals surface area contributed by atoms with Gasteiger partial charge in [-0.05, 0) is 30.2 Å². The molecule has 8 heteroatoms. The van der Waals surface area contributed by atoms with E-state index in [1.165, 1.54) is 6.07 Å². The lowest BCUT2D eigenvalue weighted by Gasteiger charge is -2.20. The number of aliphatic hydroxyl groups is 1. The number of aromatic nitrogens is 3. The number of aliphatic hydroxyl groups excluding tert-OH is 1. The summed E-state index contributed by atoms with van der Waals surface area (Å²) in [7, 11) is 0. The van der Waals surface area contributed by atoms with Crippen molar-refractivity contribution in [1.29, 1.82) is 0 Å². The van der Waals surface area contributed by atoms with Crippen LogP contribution in [0, 0.1) is 17.6 Å². The van der Waals surface area contributed by atoms with E-state index in [0.717, 1.165) is 12.1 Å². The van der Waals surface area contributed by atoms with Gasteiger partial charge in [-0.2, -0.15) is 4.98 Å². The summed E-state index contributed by atoms with van der Waals surface area (Å²) >= 11 is 0. The van der Waals surface area contributed by atoms with E-state index in [2.05, 4.69) is 25.6 Å². The van der Waals surface area contributed by atoms with E-state index in [-0.39, 0.29) is 30.2 Å². The summed E-state index contributed by atoms with van der Waals surface area (Å²) < 4.78 is 27.2. The van der Waals surface area contributed by atoms with Gasteiger partial charge in [0.25, 0.3) is 0 Å². The van der Waals surface area contributed by atoms with Gasteiger partial charge in [0.15, 0.2) is 0 Å². The van der Waals surface area contributed by atoms with Crippen molar-refractivity contribution in [3.8, 4) is 11.4 Å². The Bertz CT molecular complexity index is 937. The number of benzene rings is 1. The minimum atomic E-state index is -0.733. The summed E-state index contributed by atoms with van der Waals surface area (Å²) in [4.78, 5) is 13.1. The van der Waals surface area contributed by atoms with Crippen LogP contribution >= 0.6 is 0 Å². The fraction of sp³-hybridized carbons (Fsp3) is 0.250. The summed E-state index contributed by atoms with van der Waals surface area (Å²) in [5, 5.41) is 15.5. The van der Waals surface area contributed by atoms with Crippen LogP contribution in [0.5, 0.6) is 0 Å². The second kappa shape index (κ2) is 8.71. The SMILES string of the molecule is CC(C)[C@@H](CO)Nc1nc(Nc2ccc(F)cc2F)cc(-c2ccccn2)n1. The van der Waals surface area contributed by atoms with Crippen molar-refractivity contribution in [2.24, 2.45) is 5.92 Å². The van der Waals surface area contributed by atoms with Crippen LogP contribution in [0.15, 0.2) is 48.7 Å². The van der Waals surface area contributed by atoms with Crippen molar-refractivity contribution in [3.05, 3.63) is 60.3 Å². The third-order valence-corrected chi connectivity index (χ3v) is 4.16. The Labute approximate surface area is 161 Å². The van der Waals surface area contributed by atoms with Gasteiger partial charge in [0.1, 0.15) is 17.5 Å².